The van der Waals surface area contributed by atoms with E-state index in [4.69, 9.17) is 4.74 Å². The quantitative estimate of drug-likeness (QED) is 0.394. The van der Waals surface area contributed by atoms with Gasteiger partial charge in [0.2, 0.25) is 0 Å². The molecule has 166 valence electrons. The highest BCUT2D eigenvalue weighted by Gasteiger charge is 2.33. The third-order valence-electron chi connectivity index (χ3n) is 6.10. The Bertz CT molecular complexity index is 840. The topological polar surface area (TPSA) is 49.7 Å². The second kappa shape index (κ2) is 10.0. The number of rotatable bonds is 10. The SMILES string of the molecule is C=C(O)c1ccc(C(CC)(CC)c2ccc(OCC(O)C(C)(C)C)c(CCC)c2)s1. The molecule has 1 aromatic carbocycles. The molecule has 0 saturated carbocycles. The van der Waals surface area contributed by atoms with Crippen LogP contribution in [0, 0.1) is 5.41 Å². The lowest BCUT2D eigenvalue weighted by Gasteiger charge is -2.32. The van der Waals surface area contributed by atoms with E-state index in [2.05, 4.69) is 51.6 Å². The standard InChI is InChI=1S/C26H38O3S/c1-8-11-19-16-20(12-13-21(19)29-17-23(28)25(5,6)7)26(9-2,10-3)24-15-14-22(30-24)18(4)27/h12-16,23,27-28H,4,8-11,17H2,1-3,5-7H3. The van der Waals surface area contributed by atoms with Crippen LogP contribution < -0.4 is 4.74 Å². The Labute approximate surface area is 186 Å². The minimum Gasteiger partial charge on any atom is -0.507 e. The zero-order chi connectivity index (χ0) is 22.5. The van der Waals surface area contributed by atoms with Crippen LogP contribution in [-0.2, 0) is 11.8 Å². The molecule has 0 spiro atoms. The van der Waals surface area contributed by atoms with E-state index in [-0.39, 0.29) is 16.6 Å². The van der Waals surface area contributed by atoms with Gasteiger partial charge in [0.25, 0.3) is 0 Å². The number of benzene rings is 1. The van der Waals surface area contributed by atoms with Crippen LogP contribution in [0.3, 0.4) is 0 Å². The van der Waals surface area contributed by atoms with Gasteiger partial charge in [0.1, 0.15) is 18.1 Å². The van der Waals surface area contributed by atoms with Crippen molar-refractivity contribution < 1.29 is 14.9 Å². The Morgan fingerprint density at radius 3 is 2.27 bits per heavy atom. The van der Waals surface area contributed by atoms with E-state index in [9.17, 15) is 10.2 Å². The van der Waals surface area contributed by atoms with Crippen molar-refractivity contribution in [3.05, 3.63) is 57.8 Å². The van der Waals surface area contributed by atoms with Gasteiger partial charge in [-0.1, -0.05) is 66.7 Å². The first-order chi connectivity index (χ1) is 14.1. The van der Waals surface area contributed by atoms with Crippen LogP contribution in [0.1, 0.15) is 81.7 Å². The van der Waals surface area contributed by atoms with Gasteiger partial charge in [-0.3, -0.25) is 0 Å². The van der Waals surface area contributed by atoms with Crippen molar-refractivity contribution in [2.24, 2.45) is 5.41 Å². The molecule has 2 rings (SSSR count). The minimum absolute atomic E-state index is 0.107. The molecule has 1 heterocycles. The number of aliphatic hydroxyl groups is 2. The Hall–Kier alpha value is -1.78. The highest BCUT2D eigenvalue weighted by molar-refractivity contribution is 7.13. The zero-order valence-corrected chi connectivity index (χ0v) is 20.2. The van der Waals surface area contributed by atoms with Gasteiger partial charge in [0.05, 0.1) is 11.0 Å². The van der Waals surface area contributed by atoms with E-state index < -0.39 is 6.10 Å². The van der Waals surface area contributed by atoms with Gasteiger partial charge in [-0.2, -0.15) is 0 Å². The maximum absolute atomic E-state index is 10.4. The van der Waals surface area contributed by atoms with E-state index in [1.54, 1.807) is 11.3 Å². The summed E-state index contributed by atoms with van der Waals surface area (Å²) in [4.78, 5) is 2.07. The van der Waals surface area contributed by atoms with Crippen molar-refractivity contribution in [3.63, 3.8) is 0 Å². The second-order valence-corrected chi connectivity index (χ2v) is 10.2. The number of hydrogen-bond donors (Lipinski definition) is 2. The van der Waals surface area contributed by atoms with E-state index in [1.807, 2.05) is 26.8 Å². The average Bonchev–Trinajstić information content (AvgIpc) is 3.19. The molecule has 1 aromatic heterocycles. The van der Waals surface area contributed by atoms with E-state index in [0.717, 1.165) is 36.3 Å². The van der Waals surface area contributed by atoms with Gasteiger partial charge in [-0.25, -0.2) is 0 Å². The van der Waals surface area contributed by atoms with Gasteiger partial charge in [0.15, 0.2) is 0 Å². The molecule has 4 heteroatoms. The molecule has 0 radical (unpaired) electrons. The lowest BCUT2D eigenvalue weighted by molar-refractivity contribution is 0.0215. The summed E-state index contributed by atoms with van der Waals surface area (Å²) in [5.74, 6) is 0.987. The van der Waals surface area contributed by atoms with E-state index in [0.29, 0.717) is 6.61 Å². The van der Waals surface area contributed by atoms with Crippen LogP contribution in [0.25, 0.3) is 5.76 Å². The maximum atomic E-state index is 10.4. The molecule has 1 atom stereocenters. The molecule has 3 nitrogen and oxygen atoms in total. The molecule has 0 aliphatic rings. The number of aryl methyl sites for hydroxylation is 1. The lowest BCUT2D eigenvalue weighted by Crippen LogP contribution is -2.32. The lowest BCUT2D eigenvalue weighted by atomic mass is 9.74. The van der Waals surface area contributed by atoms with Gasteiger partial charge >= 0.3 is 0 Å². The highest BCUT2D eigenvalue weighted by atomic mass is 32.1. The highest BCUT2D eigenvalue weighted by Crippen LogP contribution is 2.44. The van der Waals surface area contributed by atoms with Crippen LogP contribution in [0.4, 0.5) is 0 Å². The predicted octanol–water partition coefficient (Wildman–Crippen LogP) is 7.12. The summed E-state index contributed by atoms with van der Waals surface area (Å²) in [5.41, 5.74) is 2.14. The van der Waals surface area contributed by atoms with Crippen molar-refractivity contribution in [2.75, 3.05) is 6.61 Å². The van der Waals surface area contributed by atoms with Crippen molar-refractivity contribution in [2.45, 2.75) is 78.7 Å². The zero-order valence-electron chi connectivity index (χ0n) is 19.4. The Morgan fingerprint density at radius 1 is 1.10 bits per heavy atom. The first kappa shape index (κ1) is 24.5. The fourth-order valence-corrected chi connectivity index (χ4v) is 5.03. The normalized spacial score (nSPS) is 13.3. The first-order valence-electron chi connectivity index (χ1n) is 11.0. The molecule has 0 amide bonds. The Kier molecular flexibility index (Phi) is 8.18. The number of aliphatic hydroxyl groups excluding tert-OH is 2. The third kappa shape index (κ3) is 5.28. The van der Waals surface area contributed by atoms with Crippen LogP contribution in [0.15, 0.2) is 36.9 Å². The molecule has 2 N–H and O–H groups in total. The van der Waals surface area contributed by atoms with Crippen LogP contribution in [0.5, 0.6) is 5.75 Å². The van der Waals surface area contributed by atoms with Gasteiger partial charge in [-0.05, 0) is 54.0 Å². The number of thiophene rings is 1. The van der Waals surface area contributed by atoms with Gasteiger partial charge in [-0.15, -0.1) is 11.3 Å². The number of hydrogen-bond acceptors (Lipinski definition) is 4. The minimum atomic E-state index is -0.520. The fraction of sp³-hybridized carbons (Fsp3) is 0.538. The summed E-state index contributed by atoms with van der Waals surface area (Å²) < 4.78 is 6.06. The monoisotopic (exact) mass is 430 g/mol. The predicted molar refractivity (Wildman–Crippen MR) is 129 cm³/mol. The summed E-state index contributed by atoms with van der Waals surface area (Å²) in [5, 5.41) is 20.2. The molecule has 0 bridgehead atoms. The molecule has 0 fully saturated rings. The second-order valence-electron chi connectivity index (χ2n) is 9.17. The molecular weight excluding hydrogens is 392 g/mol. The summed E-state index contributed by atoms with van der Waals surface area (Å²) in [7, 11) is 0. The molecule has 2 aromatic rings. The number of ether oxygens (including phenoxy) is 1. The van der Waals surface area contributed by atoms with Gasteiger partial charge < -0.3 is 14.9 Å². The van der Waals surface area contributed by atoms with Crippen molar-refractivity contribution >= 4 is 17.1 Å². The molecule has 0 aliphatic heterocycles. The van der Waals surface area contributed by atoms with E-state index >= 15 is 0 Å². The summed E-state index contributed by atoms with van der Waals surface area (Å²) in [6, 6.07) is 10.6. The average molecular weight is 431 g/mol. The summed E-state index contributed by atoms with van der Waals surface area (Å²) >= 11 is 1.62. The van der Waals surface area contributed by atoms with Crippen molar-refractivity contribution in [1.29, 1.82) is 0 Å². The largest absolute Gasteiger partial charge is 0.507 e. The molecule has 0 saturated heterocycles. The van der Waals surface area contributed by atoms with Crippen molar-refractivity contribution in [3.8, 4) is 5.75 Å². The van der Waals surface area contributed by atoms with Crippen LogP contribution >= 0.6 is 11.3 Å². The Morgan fingerprint density at radius 2 is 1.77 bits per heavy atom. The molecule has 30 heavy (non-hydrogen) atoms. The van der Waals surface area contributed by atoms with Crippen LogP contribution in [0.2, 0.25) is 0 Å². The fourth-order valence-electron chi connectivity index (χ4n) is 3.80. The third-order valence-corrected chi connectivity index (χ3v) is 7.44. The Balaban J connectivity index is 2.43. The first-order valence-corrected chi connectivity index (χ1v) is 11.8. The molecular formula is C26H38O3S. The maximum Gasteiger partial charge on any atom is 0.125 e. The van der Waals surface area contributed by atoms with Crippen LogP contribution in [-0.4, -0.2) is 22.9 Å². The van der Waals surface area contributed by atoms with E-state index in [1.165, 1.54) is 16.0 Å². The summed E-state index contributed by atoms with van der Waals surface area (Å²) in [6.07, 6.45) is 3.38. The van der Waals surface area contributed by atoms with Crippen molar-refractivity contribution in [1.82, 2.24) is 0 Å². The molecule has 1 unspecified atom stereocenters. The smallest absolute Gasteiger partial charge is 0.125 e. The van der Waals surface area contributed by atoms with Gasteiger partial charge in [0, 0.05) is 10.3 Å². The summed E-state index contributed by atoms with van der Waals surface area (Å²) in [6.45, 7) is 16.6. The molecule has 0 aliphatic carbocycles.